The molecule has 5 aliphatic rings. The predicted octanol–water partition coefficient (Wildman–Crippen LogP) is 0.930. The molecule has 5 amide bonds. The van der Waals surface area contributed by atoms with Crippen molar-refractivity contribution < 1.29 is 19.2 Å². The molecule has 0 unspecified atom stereocenters. The topological polar surface area (TPSA) is 95.6 Å². The second kappa shape index (κ2) is 5.57. The molecule has 0 aromatic carbocycles. The van der Waals surface area contributed by atoms with Crippen molar-refractivity contribution in [3.05, 3.63) is 0 Å². The Bertz CT molecular complexity index is 564. The highest BCUT2D eigenvalue weighted by Gasteiger charge is 2.51. The van der Waals surface area contributed by atoms with Gasteiger partial charge in [-0.15, -0.1) is 0 Å². The van der Waals surface area contributed by atoms with Gasteiger partial charge in [0.25, 0.3) is 0 Å². The summed E-state index contributed by atoms with van der Waals surface area (Å²) < 4.78 is 0. The van der Waals surface area contributed by atoms with Crippen molar-refractivity contribution in [2.24, 2.45) is 17.8 Å². The van der Waals surface area contributed by atoms with Gasteiger partial charge in [-0.1, -0.05) is 0 Å². The van der Waals surface area contributed by atoms with Gasteiger partial charge in [-0.2, -0.15) is 0 Å². The average molecular weight is 333 g/mol. The van der Waals surface area contributed by atoms with Crippen molar-refractivity contribution in [1.82, 2.24) is 15.5 Å². The Labute approximate surface area is 140 Å². The number of hydrogen-bond acceptors (Lipinski definition) is 4. The number of nitrogens with one attached hydrogen (secondary N) is 2. The molecule has 4 bridgehead atoms. The van der Waals surface area contributed by atoms with Crippen molar-refractivity contribution in [1.29, 1.82) is 0 Å². The van der Waals surface area contributed by atoms with Crippen LogP contribution in [0.3, 0.4) is 0 Å². The van der Waals surface area contributed by atoms with Gasteiger partial charge in [-0.3, -0.25) is 24.6 Å². The maximum absolute atomic E-state index is 12.2. The third kappa shape index (κ3) is 2.80. The Hall–Kier alpha value is -1.92. The van der Waals surface area contributed by atoms with Crippen molar-refractivity contribution >= 4 is 23.8 Å². The number of nitrogens with zero attached hydrogens (tertiary/aromatic N) is 1. The van der Waals surface area contributed by atoms with E-state index in [9.17, 15) is 19.2 Å². The molecule has 0 radical (unpaired) electrons. The molecular formula is C17H23N3O4. The Morgan fingerprint density at radius 2 is 1.46 bits per heavy atom. The van der Waals surface area contributed by atoms with Crippen molar-refractivity contribution in [3.63, 3.8) is 0 Å². The summed E-state index contributed by atoms with van der Waals surface area (Å²) in [5.41, 5.74) is -0.168. The summed E-state index contributed by atoms with van der Waals surface area (Å²) in [5, 5.41) is 5.33. The maximum atomic E-state index is 12.2. The normalized spacial score (nSPS) is 37.0. The quantitative estimate of drug-likeness (QED) is 0.751. The minimum absolute atomic E-state index is 0.144. The fourth-order valence-corrected chi connectivity index (χ4v) is 5.64. The van der Waals surface area contributed by atoms with Gasteiger partial charge in [0.2, 0.25) is 17.7 Å². The van der Waals surface area contributed by atoms with Crippen LogP contribution in [0.5, 0.6) is 0 Å². The summed E-state index contributed by atoms with van der Waals surface area (Å²) in [5.74, 6) is 0.792. The molecule has 0 aromatic heterocycles. The Morgan fingerprint density at radius 3 is 1.96 bits per heavy atom. The van der Waals surface area contributed by atoms with E-state index in [-0.39, 0.29) is 36.7 Å². The first-order valence-corrected chi connectivity index (χ1v) is 8.88. The number of imide groups is 2. The molecule has 4 saturated carbocycles. The minimum Gasteiger partial charge on any atom is -0.332 e. The molecule has 1 heterocycles. The van der Waals surface area contributed by atoms with Gasteiger partial charge in [-0.25, -0.2) is 4.79 Å². The van der Waals surface area contributed by atoms with E-state index >= 15 is 0 Å². The van der Waals surface area contributed by atoms with E-state index in [1.807, 2.05) is 0 Å². The zero-order chi connectivity index (χ0) is 16.9. The number of hydrogen-bond donors (Lipinski definition) is 2. The molecule has 2 N–H and O–H groups in total. The molecule has 130 valence electrons. The van der Waals surface area contributed by atoms with Gasteiger partial charge in [0, 0.05) is 18.4 Å². The van der Waals surface area contributed by atoms with E-state index in [0.717, 1.165) is 24.2 Å². The van der Waals surface area contributed by atoms with Crippen LogP contribution in [0.1, 0.15) is 51.4 Å². The highest BCUT2D eigenvalue weighted by molar-refractivity contribution is 6.06. The minimum atomic E-state index is -0.610. The van der Waals surface area contributed by atoms with E-state index in [1.54, 1.807) is 0 Å². The number of rotatable bonds is 3. The van der Waals surface area contributed by atoms with Gasteiger partial charge >= 0.3 is 6.03 Å². The van der Waals surface area contributed by atoms with Gasteiger partial charge in [0.1, 0.15) is 6.54 Å². The van der Waals surface area contributed by atoms with Crippen LogP contribution in [0, 0.1) is 17.8 Å². The van der Waals surface area contributed by atoms with Crippen molar-refractivity contribution in [2.75, 3.05) is 6.54 Å². The molecule has 7 heteroatoms. The first-order chi connectivity index (χ1) is 11.4. The smallest absolute Gasteiger partial charge is 0.321 e. The van der Waals surface area contributed by atoms with Gasteiger partial charge in [0.15, 0.2) is 0 Å². The van der Waals surface area contributed by atoms with Crippen LogP contribution in [0.2, 0.25) is 0 Å². The summed E-state index contributed by atoms with van der Waals surface area (Å²) in [4.78, 5) is 48.2. The molecule has 24 heavy (non-hydrogen) atoms. The van der Waals surface area contributed by atoms with Crippen LogP contribution >= 0.6 is 0 Å². The summed E-state index contributed by atoms with van der Waals surface area (Å²) in [6.07, 6.45) is 7.14. The Kier molecular flexibility index (Phi) is 3.62. The van der Waals surface area contributed by atoms with Crippen LogP contribution in [0.15, 0.2) is 0 Å². The number of urea groups is 1. The largest absolute Gasteiger partial charge is 0.332 e. The molecule has 0 aromatic rings. The molecule has 4 aliphatic carbocycles. The van der Waals surface area contributed by atoms with E-state index in [1.165, 1.54) is 19.3 Å². The fourth-order valence-electron chi connectivity index (χ4n) is 5.64. The lowest BCUT2D eigenvalue weighted by molar-refractivity contribution is -0.142. The lowest BCUT2D eigenvalue weighted by atomic mass is 9.53. The maximum Gasteiger partial charge on any atom is 0.321 e. The van der Waals surface area contributed by atoms with Crippen LogP contribution in [0.25, 0.3) is 0 Å². The SMILES string of the molecule is O=C(CN1C(=O)CCC1=O)NC(=O)NC12CC3CC(CC(C3)C1)C2. The second-order valence-corrected chi connectivity index (χ2v) is 8.07. The summed E-state index contributed by atoms with van der Waals surface area (Å²) in [6.45, 7) is -0.369. The molecular weight excluding hydrogens is 310 g/mol. The van der Waals surface area contributed by atoms with E-state index < -0.39 is 11.9 Å². The molecule has 7 nitrogen and oxygen atoms in total. The monoisotopic (exact) mass is 333 g/mol. The third-order valence-corrected chi connectivity index (χ3v) is 6.13. The van der Waals surface area contributed by atoms with Crippen LogP contribution in [-0.4, -0.2) is 40.7 Å². The molecule has 1 aliphatic heterocycles. The van der Waals surface area contributed by atoms with E-state index in [0.29, 0.717) is 17.8 Å². The first-order valence-electron chi connectivity index (χ1n) is 8.88. The van der Waals surface area contributed by atoms with Crippen LogP contribution in [0.4, 0.5) is 4.79 Å². The lowest BCUT2D eigenvalue weighted by Crippen LogP contribution is -2.62. The predicted molar refractivity (Wildman–Crippen MR) is 83.5 cm³/mol. The van der Waals surface area contributed by atoms with Crippen molar-refractivity contribution in [2.45, 2.75) is 56.9 Å². The Morgan fingerprint density at radius 1 is 0.958 bits per heavy atom. The fraction of sp³-hybridized carbons (Fsp3) is 0.765. The summed E-state index contributed by atoms with van der Waals surface area (Å²) in [7, 11) is 0. The van der Waals surface area contributed by atoms with Crippen LogP contribution in [-0.2, 0) is 14.4 Å². The summed E-state index contributed by atoms with van der Waals surface area (Å²) >= 11 is 0. The Balaban J connectivity index is 1.33. The van der Waals surface area contributed by atoms with Crippen molar-refractivity contribution in [3.8, 4) is 0 Å². The third-order valence-electron chi connectivity index (χ3n) is 6.13. The van der Waals surface area contributed by atoms with E-state index in [2.05, 4.69) is 10.6 Å². The average Bonchev–Trinajstić information content (AvgIpc) is 2.76. The molecule has 1 saturated heterocycles. The molecule has 5 rings (SSSR count). The van der Waals surface area contributed by atoms with Gasteiger partial charge in [-0.05, 0) is 56.3 Å². The zero-order valence-corrected chi connectivity index (χ0v) is 13.7. The second-order valence-electron chi connectivity index (χ2n) is 8.07. The van der Waals surface area contributed by atoms with Gasteiger partial charge < -0.3 is 5.32 Å². The molecule has 0 spiro atoms. The molecule has 0 atom stereocenters. The lowest BCUT2D eigenvalue weighted by Gasteiger charge is -2.56. The zero-order valence-electron chi connectivity index (χ0n) is 13.7. The number of carbonyl (C=O) groups excluding carboxylic acids is 4. The highest BCUT2D eigenvalue weighted by Crippen LogP contribution is 2.55. The first kappa shape index (κ1) is 15.6. The van der Waals surface area contributed by atoms with Gasteiger partial charge in [0.05, 0.1) is 0 Å². The van der Waals surface area contributed by atoms with E-state index in [4.69, 9.17) is 0 Å². The number of likely N-dealkylation sites (tertiary alicyclic amines) is 1. The number of carbonyl (C=O) groups is 4. The van der Waals surface area contributed by atoms with Crippen LogP contribution < -0.4 is 10.6 Å². The highest BCUT2D eigenvalue weighted by atomic mass is 16.2. The number of amides is 5. The summed E-state index contributed by atoms with van der Waals surface area (Å²) in [6, 6.07) is -0.499. The standard InChI is InChI=1S/C17H23N3O4/c21-13(9-20-14(22)1-2-15(20)23)18-16(24)19-17-6-10-3-11(7-17)5-12(4-10)8-17/h10-12H,1-9H2,(H2,18,19,21,24). The molecule has 5 fully saturated rings.